The summed E-state index contributed by atoms with van der Waals surface area (Å²) in [5.74, 6) is -1.65. The van der Waals surface area contributed by atoms with E-state index in [-0.39, 0.29) is 23.1 Å². The first-order chi connectivity index (χ1) is 17.0. The molecule has 0 aromatic heterocycles. The van der Waals surface area contributed by atoms with Gasteiger partial charge in [0.15, 0.2) is 5.17 Å². The van der Waals surface area contributed by atoms with Crippen LogP contribution in [0.5, 0.6) is 0 Å². The van der Waals surface area contributed by atoms with Crippen molar-refractivity contribution in [1.29, 1.82) is 0 Å². The Morgan fingerprint density at radius 3 is 2.37 bits per heavy atom. The molecule has 0 saturated carbocycles. The van der Waals surface area contributed by atoms with Crippen molar-refractivity contribution >= 4 is 52.2 Å². The minimum absolute atomic E-state index is 0.0835. The van der Waals surface area contributed by atoms with E-state index in [1.807, 2.05) is 67.6 Å². The number of amidine groups is 1. The minimum atomic E-state index is -1.07. The number of nitrogens with zero attached hydrogens (tertiary/aromatic N) is 2. The van der Waals surface area contributed by atoms with Gasteiger partial charge in [0.25, 0.3) is 5.91 Å². The number of hydrogen-bond donors (Lipinski definition) is 2. The Kier molecular flexibility index (Phi) is 7.42. The molecule has 1 atom stereocenters. The minimum Gasteiger partial charge on any atom is -0.478 e. The largest absolute Gasteiger partial charge is 0.478 e. The predicted molar refractivity (Wildman–Crippen MR) is 139 cm³/mol. The Balaban J connectivity index is 1.61. The van der Waals surface area contributed by atoms with Crippen LogP contribution in [0.25, 0.3) is 6.08 Å². The Morgan fingerprint density at radius 1 is 1.03 bits per heavy atom. The molecule has 2 amide bonds. The fourth-order valence-electron chi connectivity index (χ4n) is 3.49. The van der Waals surface area contributed by atoms with Crippen LogP contribution in [0, 0.1) is 0 Å². The Morgan fingerprint density at radius 2 is 1.71 bits per heavy atom. The molecular weight excluding hydrogens is 462 g/mol. The fraction of sp³-hybridized carbons (Fsp3) is 0.111. The summed E-state index contributed by atoms with van der Waals surface area (Å²) in [5.41, 5.74) is 2.27. The van der Waals surface area contributed by atoms with Gasteiger partial charge in [-0.05, 0) is 48.4 Å². The zero-order valence-electron chi connectivity index (χ0n) is 18.9. The maximum absolute atomic E-state index is 13.3. The monoisotopic (exact) mass is 485 g/mol. The van der Waals surface area contributed by atoms with Gasteiger partial charge in [0.2, 0.25) is 5.91 Å². The molecule has 0 spiro atoms. The van der Waals surface area contributed by atoms with Crippen molar-refractivity contribution in [2.45, 2.75) is 18.6 Å². The van der Waals surface area contributed by atoms with Crippen LogP contribution in [0.4, 0.5) is 11.4 Å². The van der Waals surface area contributed by atoms with Crippen molar-refractivity contribution in [2.75, 3.05) is 10.2 Å². The van der Waals surface area contributed by atoms with Crippen LogP contribution < -0.4 is 10.2 Å². The number of carboxylic acid groups (broad SMARTS) is 1. The van der Waals surface area contributed by atoms with Gasteiger partial charge in [0, 0.05) is 5.69 Å². The normalized spacial score (nSPS) is 15.1. The van der Waals surface area contributed by atoms with Crippen LogP contribution in [0.2, 0.25) is 0 Å². The molecule has 0 fully saturated rings. The number of aromatic carboxylic acids is 1. The molecule has 0 aliphatic carbocycles. The fourth-order valence-corrected chi connectivity index (χ4v) is 4.52. The lowest BCUT2D eigenvalue weighted by Crippen LogP contribution is -2.34. The Bertz CT molecular complexity index is 1310. The number of thioether (sulfide) groups is 1. The predicted octanol–water partition coefficient (Wildman–Crippen LogP) is 5.28. The third-order valence-corrected chi connectivity index (χ3v) is 6.55. The summed E-state index contributed by atoms with van der Waals surface area (Å²) >= 11 is 1.20. The topological polar surface area (TPSA) is 99.1 Å². The number of carbonyl (C=O) groups excluding carboxylic acids is 2. The number of para-hydroxylation sites is 1. The highest BCUT2D eigenvalue weighted by Crippen LogP contribution is 2.32. The number of carbonyl (C=O) groups is 3. The molecule has 4 rings (SSSR count). The number of anilines is 2. The molecule has 35 heavy (non-hydrogen) atoms. The second kappa shape index (κ2) is 10.8. The van der Waals surface area contributed by atoms with Crippen LogP contribution in [-0.2, 0) is 9.59 Å². The van der Waals surface area contributed by atoms with E-state index in [2.05, 4.69) is 10.3 Å². The molecule has 7 nitrogen and oxygen atoms in total. The lowest BCUT2D eigenvalue weighted by Gasteiger charge is -2.21. The number of carboxylic acids is 1. The van der Waals surface area contributed by atoms with E-state index in [9.17, 15) is 19.5 Å². The van der Waals surface area contributed by atoms with E-state index in [1.54, 1.807) is 18.2 Å². The summed E-state index contributed by atoms with van der Waals surface area (Å²) in [6, 6.07) is 24.7. The SMILES string of the molecule is CCC(SC1=N/C(=C/c2ccccc2)C(=O)N1c1ccccc1)C(=O)Nc1cccc(C(=O)O)c1. The van der Waals surface area contributed by atoms with Crippen molar-refractivity contribution in [3.8, 4) is 0 Å². The maximum atomic E-state index is 13.3. The lowest BCUT2D eigenvalue weighted by atomic mass is 10.2. The molecule has 0 radical (unpaired) electrons. The number of benzene rings is 3. The van der Waals surface area contributed by atoms with E-state index in [0.29, 0.717) is 23.0 Å². The van der Waals surface area contributed by atoms with Crippen LogP contribution in [0.1, 0.15) is 29.3 Å². The zero-order chi connectivity index (χ0) is 24.8. The summed E-state index contributed by atoms with van der Waals surface area (Å²) in [6.45, 7) is 1.87. The molecule has 1 unspecified atom stereocenters. The van der Waals surface area contributed by atoms with Crippen molar-refractivity contribution in [1.82, 2.24) is 0 Å². The number of nitrogens with one attached hydrogen (secondary N) is 1. The first kappa shape index (κ1) is 24.0. The van der Waals surface area contributed by atoms with E-state index < -0.39 is 11.2 Å². The van der Waals surface area contributed by atoms with Crippen molar-refractivity contribution in [2.24, 2.45) is 4.99 Å². The summed E-state index contributed by atoms with van der Waals surface area (Å²) in [4.78, 5) is 43.7. The molecule has 0 saturated heterocycles. The maximum Gasteiger partial charge on any atom is 0.335 e. The highest BCUT2D eigenvalue weighted by atomic mass is 32.2. The van der Waals surface area contributed by atoms with Gasteiger partial charge in [-0.15, -0.1) is 0 Å². The zero-order valence-corrected chi connectivity index (χ0v) is 19.7. The van der Waals surface area contributed by atoms with Gasteiger partial charge in [0.1, 0.15) is 5.70 Å². The quantitative estimate of drug-likeness (QED) is 0.444. The smallest absolute Gasteiger partial charge is 0.335 e. The van der Waals surface area contributed by atoms with Gasteiger partial charge in [-0.2, -0.15) is 0 Å². The molecule has 8 heteroatoms. The van der Waals surface area contributed by atoms with Crippen molar-refractivity contribution < 1.29 is 19.5 Å². The Hall–Kier alpha value is -4.17. The second-order valence-electron chi connectivity index (χ2n) is 7.70. The Labute approximate surface area is 207 Å². The number of amides is 2. The number of hydrogen-bond acceptors (Lipinski definition) is 5. The summed E-state index contributed by atoms with van der Waals surface area (Å²) in [5, 5.41) is 11.8. The van der Waals surface area contributed by atoms with Crippen LogP contribution in [0.15, 0.2) is 95.6 Å². The van der Waals surface area contributed by atoms with Gasteiger partial charge in [0.05, 0.1) is 16.5 Å². The van der Waals surface area contributed by atoms with E-state index in [1.165, 1.54) is 28.8 Å². The summed E-state index contributed by atoms with van der Waals surface area (Å²) in [7, 11) is 0. The third kappa shape index (κ3) is 5.67. The van der Waals surface area contributed by atoms with Crippen molar-refractivity contribution in [3.63, 3.8) is 0 Å². The van der Waals surface area contributed by atoms with Gasteiger partial charge in [-0.3, -0.25) is 14.5 Å². The highest BCUT2D eigenvalue weighted by molar-refractivity contribution is 8.15. The molecule has 0 bridgehead atoms. The highest BCUT2D eigenvalue weighted by Gasteiger charge is 2.34. The van der Waals surface area contributed by atoms with Crippen molar-refractivity contribution in [3.05, 3.63) is 102 Å². The first-order valence-electron chi connectivity index (χ1n) is 11.0. The van der Waals surface area contributed by atoms with Gasteiger partial charge >= 0.3 is 5.97 Å². The lowest BCUT2D eigenvalue weighted by molar-refractivity contribution is -0.116. The van der Waals surface area contributed by atoms with E-state index >= 15 is 0 Å². The first-order valence-corrected chi connectivity index (χ1v) is 11.9. The number of aliphatic imine (C=N–C) groups is 1. The summed E-state index contributed by atoms with van der Waals surface area (Å²) in [6.07, 6.45) is 2.20. The van der Waals surface area contributed by atoms with E-state index in [4.69, 9.17) is 0 Å². The van der Waals surface area contributed by atoms with E-state index in [0.717, 1.165) is 5.56 Å². The standard InChI is InChI=1S/C27H23N3O4S/c1-2-23(24(31)28-20-13-9-12-19(17-20)26(33)34)35-27-29-22(16-18-10-5-3-6-11-18)25(32)30(27)21-14-7-4-8-15-21/h3-17,23H,2H2,1H3,(H,28,31)(H,33,34)/b22-16+. The molecular formula is C27H23N3O4S. The molecule has 1 aliphatic rings. The third-order valence-electron chi connectivity index (χ3n) is 5.23. The second-order valence-corrected chi connectivity index (χ2v) is 8.87. The van der Waals surface area contributed by atoms with Crippen LogP contribution in [-0.4, -0.2) is 33.3 Å². The molecule has 3 aromatic rings. The van der Waals surface area contributed by atoms with Gasteiger partial charge in [-0.25, -0.2) is 9.79 Å². The van der Waals surface area contributed by atoms with Gasteiger partial charge in [-0.1, -0.05) is 73.3 Å². The molecule has 3 aromatic carbocycles. The van der Waals surface area contributed by atoms with Gasteiger partial charge < -0.3 is 10.4 Å². The summed E-state index contributed by atoms with van der Waals surface area (Å²) < 4.78 is 0. The molecule has 1 aliphatic heterocycles. The average Bonchev–Trinajstić information content (AvgIpc) is 3.18. The van der Waals surface area contributed by atoms with Crippen LogP contribution in [0.3, 0.4) is 0 Å². The molecule has 2 N–H and O–H groups in total. The average molecular weight is 486 g/mol. The molecule has 1 heterocycles. The van der Waals surface area contributed by atoms with Crippen LogP contribution >= 0.6 is 11.8 Å². The molecule has 176 valence electrons. The number of rotatable bonds is 7.